The van der Waals surface area contributed by atoms with Crippen molar-refractivity contribution in [3.05, 3.63) is 29.8 Å². The Morgan fingerprint density at radius 1 is 1.14 bits per heavy atom. The lowest BCUT2D eigenvalue weighted by Crippen LogP contribution is -2.41. The number of carbonyl (C=O) groups is 2. The molecular weight excluding hydrogens is 325 g/mol. The number of benzene rings is 1. The third kappa shape index (κ3) is 5.72. The van der Waals surface area contributed by atoms with E-state index in [1.807, 2.05) is 0 Å². The molecule has 0 saturated heterocycles. The van der Waals surface area contributed by atoms with Crippen LogP contribution in [0, 0.1) is 0 Å². The molecule has 1 rings (SSSR count). The molecule has 0 atom stereocenters. The molecular formula is C12H13F3N2O4S. The minimum atomic E-state index is -4.55. The van der Waals surface area contributed by atoms with Crippen LogP contribution in [0.25, 0.3) is 0 Å². The van der Waals surface area contributed by atoms with Crippen molar-refractivity contribution < 1.29 is 31.2 Å². The van der Waals surface area contributed by atoms with E-state index in [1.54, 1.807) is 5.32 Å². The second-order valence-electron chi connectivity index (χ2n) is 4.34. The summed E-state index contributed by atoms with van der Waals surface area (Å²) in [7, 11) is -3.66. The fourth-order valence-corrected chi connectivity index (χ4v) is 2.38. The van der Waals surface area contributed by atoms with Gasteiger partial charge in [-0.05, 0) is 12.1 Å². The summed E-state index contributed by atoms with van der Waals surface area (Å²) in [6.45, 7) is -2.21. The maximum Gasteiger partial charge on any atom is 0.405 e. The molecule has 122 valence electrons. The predicted molar refractivity (Wildman–Crippen MR) is 70.9 cm³/mol. The summed E-state index contributed by atoms with van der Waals surface area (Å²) < 4.78 is 58.7. The van der Waals surface area contributed by atoms with Crippen LogP contribution in [-0.2, 0) is 14.6 Å². The van der Waals surface area contributed by atoms with E-state index in [2.05, 4.69) is 5.32 Å². The third-order valence-corrected chi connectivity index (χ3v) is 3.58. The summed E-state index contributed by atoms with van der Waals surface area (Å²) in [4.78, 5) is 22.8. The predicted octanol–water partition coefficient (Wildman–Crippen LogP) is 0.498. The van der Waals surface area contributed by atoms with Gasteiger partial charge in [-0.15, -0.1) is 0 Å². The zero-order chi connectivity index (χ0) is 17.0. The molecule has 0 unspecified atom stereocenters. The quantitative estimate of drug-likeness (QED) is 0.818. The number of hydrogen-bond acceptors (Lipinski definition) is 4. The fourth-order valence-electron chi connectivity index (χ4n) is 1.49. The smallest absolute Gasteiger partial charge is 0.345 e. The van der Waals surface area contributed by atoms with Crippen LogP contribution in [0.5, 0.6) is 0 Å². The number of amides is 2. The van der Waals surface area contributed by atoms with E-state index >= 15 is 0 Å². The van der Waals surface area contributed by atoms with Gasteiger partial charge in [-0.1, -0.05) is 12.1 Å². The topological polar surface area (TPSA) is 92.3 Å². The van der Waals surface area contributed by atoms with Crippen LogP contribution in [0.4, 0.5) is 13.2 Å². The van der Waals surface area contributed by atoms with E-state index in [4.69, 9.17) is 0 Å². The van der Waals surface area contributed by atoms with Gasteiger partial charge >= 0.3 is 6.18 Å². The van der Waals surface area contributed by atoms with Crippen molar-refractivity contribution in [2.24, 2.45) is 0 Å². The average Bonchev–Trinajstić information content (AvgIpc) is 2.40. The second-order valence-corrected chi connectivity index (χ2v) is 6.33. The molecule has 0 aliphatic carbocycles. The summed E-state index contributed by atoms with van der Waals surface area (Å²) in [6, 6.07) is 5.30. The molecule has 2 N–H and O–H groups in total. The van der Waals surface area contributed by atoms with Gasteiger partial charge in [0.15, 0.2) is 9.84 Å². The Kier molecular flexibility index (Phi) is 5.53. The summed E-state index contributed by atoms with van der Waals surface area (Å²) in [5.41, 5.74) is -0.186. The van der Waals surface area contributed by atoms with Gasteiger partial charge in [0.1, 0.15) is 6.54 Å². The average molecular weight is 338 g/mol. The van der Waals surface area contributed by atoms with Crippen molar-refractivity contribution in [3.63, 3.8) is 0 Å². The lowest BCUT2D eigenvalue weighted by molar-refractivity contribution is -0.137. The van der Waals surface area contributed by atoms with E-state index in [9.17, 15) is 31.2 Å². The van der Waals surface area contributed by atoms with Crippen LogP contribution in [0.15, 0.2) is 29.2 Å². The van der Waals surface area contributed by atoms with Crippen molar-refractivity contribution in [2.45, 2.75) is 11.1 Å². The van der Waals surface area contributed by atoms with Crippen LogP contribution in [-0.4, -0.2) is 45.8 Å². The van der Waals surface area contributed by atoms with Gasteiger partial charge in [0, 0.05) is 6.26 Å². The summed E-state index contributed by atoms with van der Waals surface area (Å²) in [5.74, 6) is -1.91. The van der Waals surface area contributed by atoms with Gasteiger partial charge in [0.05, 0.1) is 17.0 Å². The van der Waals surface area contributed by atoms with Gasteiger partial charge in [0.2, 0.25) is 5.91 Å². The number of rotatable bonds is 5. The number of nitrogens with one attached hydrogen (secondary N) is 2. The lowest BCUT2D eigenvalue weighted by Gasteiger charge is -2.10. The van der Waals surface area contributed by atoms with Crippen LogP contribution >= 0.6 is 0 Å². The van der Waals surface area contributed by atoms with Gasteiger partial charge < -0.3 is 10.6 Å². The molecule has 0 heterocycles. The van der Waals surface area contributed by atoms with E-state index in [0.29, 0.717) is 0 Å². The first-order valence-electron chi connectivity index (χ1n) is 5.91. The number of sulfone groups is 1. The molecule has 0 saturated carbocycles. The van der Waals surface area contributed by atoms with E-state index in [0.717, 1.165) is 6.26 Å². The maximum atomic E-state index is 11.9. The lowest BCUT2D eigenvalue weighted by atomic mass is 10.2. The third-order valence-electron chi connectivity index (χ3n) is 2.43. The molecule has 0 fully saturated rings. The maximum absolute atomic E-state index is 11.9. The van der Waals surface area contributed by atoms with E-state index < -0.39 is 40.9 Å². The SMILES string of the molecule is CS(=O)(=O)c1ccccc1C(=O)NCC(=O)NCC(F)(F)F. The van der Waals surface area contributed by atoms with E-state index in [1.165, 1.54) is 24.3 Å². The van der Waals surface area contributed by atoms with Crippen LogP contribution < -0.4 is 10.6 Å². The highest BCUT2D eigenvalue weighted by atomic mass is 32.2. The number of carbonyl (C=O) groups excluding carboxylic acids is 2. The highest BCUT2D eigenvalue weighted by Gasteiger charge is 2.27. The minimum Gasteiger partial charge on any atom is -0.345 e. The van der Waals surface area contributed by atoms with E-state index in [-0.39, 0.29) is 10.5 Å². The Balaban J connectivity index is 2.70. The highest BCUT2D eigenvalue weighted by molar-refractivity contribution is 7.90. The Hall–Kier alpha value is -2.10. The number of hydrogen-bond donors (Lipinski definition) is 2. The van der Waals surface area contributed by atoms with Crippen molar-refractivity contribution in [1.29, 1.82) is 0 Å². The molecule has 22 heavy (non-hydrogen) atoms. The first-order valence-corrected chi connectivity index (χ1v) is 7.80. The molecule has 10 heteroatoms. The molecule has 1 aromatic rings. The van der Waals surface area contributed by atoms with Gasteiger partial charge in [-0.3, -0.25) is 9.59 Å². The fraction of sp³-hybridized carbons (Fsp3) is 0.333. The van der Waals surface area contributed by atoms with Gasteiger partial charge in [0.25, 0.3) is 5.91 Å². The Morgan fingerprint density at radius 3 is 2.27 bits per heavy atom. The summed E-state index contributed by atoms with van der Waals surface area (Å²) in [6.07, 6.45) is -3.64. The highest BCUT2D eigenvalue weighted by Crippen LogP contribution is 2.15. The Bertz CT molecular complexity index is 671. The normalized spacial score (nSPS) is 11.8. The zero-order valence-corrected chi connectivity index (χ0v) is 12.2. The van der Waals surface area contributed by atoms with Crippen LogP contribution in [0.2, 0.25) is 0 Å². The van der Waals surface area contributed by atoms with Crippen molar-refractivity contribution >= 4 is 21.7 Å². The molecule has 0 spiro atoms. The van der Waals surface area contributed by atoms with Gasteiger partial charge in [-0.25, -0.2) is 8.42 Å². The van der Waals surface area contributed by atoms with Gasteiger partial charge in [-0.2, -0.15) is 13.2 Å². The molecule has 0 bridgehead atoms. The standard InChI is InChI=1S/C12H13F3N2O4S/c1-22(20,21)9-5-3-2-4-8(9)11(19)16-6-10(18)17-7-12(13,14)15/h2-5H,6-7H2,1H3,(H,16,19)(H,17,18). The second kappa shape index (κ2) is 6.77. The van der Waals surface area contributed by atoms with Crippen LogP contribution in [0.1, 0.15) is 10.4 Å². The molecule has 1 aromatic carbocycles. The molecule has 6 nitrogen and oxygen atoms in total. The van der Waals surface area contributed by atoms with Crippen molar-refractivity contribution in [1.82, 2.24) is 10.6 Å². The first kappa shape index (κ1) is 18.0. The Morgan fingerprint density at radius 2 is 1.73 bits per heavy atom. The monoisotopic (exact) mass is 338 g/mol. The van der Waals surface area contributed by atoms with Crippen molar-refractivity contribution in [2.75, 3.05) is 19.3 Å². The summed E-state index contributed by atoms with van der Waals surface area (Å²) in [5, 5.41) is 3.64. The minimum absolute atomic E-state index is 0.186. The molecule has 2 amide bonds. The number of halogens is 3. The molecule has 0 aromatic heterocycles. The largest absolute Gasteiger partial charge is 0.405 e. The Labute approximate surface area is 124 Å². The molecule has 0 aliphatic rings. The molecule has 0 radical (unpaired) electrons. The summed E-state index contributed by atoms with van der Waals surface area (Å²) >= 11 is 0. The van der Waals surface area contributed by atoms with Crippen molar-refractivity contribution in [3.8, 4) is 0 Å². The zero-order valence-electron chi connectivity index (χ0n) is 11.4. The number of alkyl halides is 3. The first-order chi connectivity index (χ1) is 10.0. The van der Waals surface area contributed by atoms with Crippen LogP contribution in [0.3, 0.4) is 0 Å². The molecule has 0 aliphatic heterocycles.